The summed E-state index contributed by atoms with van der Waals surface area (Å²) in [6.45, 7) is 10.2. The first-order chi connectivity index (χ1) is 5.30. The summed E-state index contributed by atoms with van der Waals surface area (Å²) in [4.78, 5) is 0. The third-order valence-corrected chi connectivity index (χ3v) is 2.10. The minimum atomic E-state index is -0.380. The molecule has 0 aromatic rings. The van der Waals surface area contributed by atoms with Gasteiger partial charge in [0.15, 0.2) is 0 Å². The van der Waals surface area contributed by atoms with E-state index in [0.29, 0.717) is 0 Å². The van der Waals surface area contributed by atoms with Crippen LogP contribution in [0.5, 0.6) is 0 Å². The Kier molecular flexibility index (Phi) is 4.21. The Morgan fingerprint density at radius 1 is 1.17 bits per heavy atom. The molecule has 2 heteroatoms. The van der Waals surface area contributed by atoms with E-state index in [9.17, 15) is 5.11 Å². The normalized spacial score (nSPS) is 18.0. The van der Waals surface area contributed by atoms with Crippen LogP contribution in [0.4, 0.5) is 0 Å². The van der Waals surface area contributed by atoms with Crippen molar-refractivity contribution in [3.05, 3.63) is 0 Å². The zero-order valence-corrected chi connectivity index (χ0v) is 9.09. The van der Waals surface area contributed by atoms with Gasteiger partial charge in [0.05, 0.1) is 12.2 Å². The van der Waals surface area contributed by atoms with E-state index < -0.39 is 0 Å². The standard InChI is InChI=1S/C10H22O2/c1-7(2)8(11)9(12-6)10(3,4)5/h7-9,11H,1-6H3. The van der Waals surface area contributed by atoms with Crippen LogP contribution in [0.2, 0.25) is 0 Å². The van der Waals surface area contributed by atoms with Crippen molar-refractivity contribution in [1.29, 1.82) is 0 Å². The van der Waals surface area contributed by atoms with Gasteiger partial charge in [0.2, 0.25) is 0 Å². The van der Waals surface area contributed by atoms with Crippen LogP contribution in [0.1, 0.15) is 34.6 Å². The molecular formula is C10H22O2. The van der Waals surface area contributed by atoms with Crippen molar-refractivity contribution in [2.24, 2.45) is 11.3 Å². The SMILES string of the molecule is COC(C(O)C(C)C)C(C)(C)C. The van der Waals surface area contributed by atoms with Crippen LogP contribution in [0.25, 0.3) is 0 Å². The predicted octanol–water partition coefficient (Wildman–Crippen LogP) is 2.06. The van der Waals surface area contributed by atoms with Gasteiger partial charge in [-0.15, -0.1) is 0 Å². The maximum absolute atomic E-state index is 9.80. The van der Waals surface area contributed by atoms with Crippen molar-refractivity contribution < 1.29 is 9.84 Å². The lowest BCUT2D eigenvalue weighted by atomic mass is 9.82. The highest BCUT2D eigenvalue weighted by Crippen LogP contribution is 2.27. The minimum absolute atomic E-state index is 0.00155. The molecule has 1 N–H and O–H groups in total. The molecule has 0 rings (SSSR count). The van der Waals surface area contributed by atoms with Crippen molar-refractivity contribution in [3.8, 4) is 0 Å². The number of ether oxygens (including phenoxy) is 1. The summed E-state index contributed by atoms with van der Waals surface area (Å²) in [6, 6.07) is 0. The molecule has 0 amide bonds. The van der Waals surface area contributed by atoms with Gasteiger partial charge in [0, 0.05) is 7.11 Å². The maximum Gasteiger partial charge on any atom is 0.0880 e. The monoisotopic (exact) mass is 174 g/mol. The molecule has 0 aromatic heterocycles. The number of aliphatic hydroxyl groups excluding tert-OH is 1. The van der Waals surface area contributed by atoms with Gasteiger partial charge in [-0.2, -0.15) is 0 Å². The second-order valence-corrected chi connectivity index (χ2v) is 4.76. The number of aliphatic hydroxyl groups is 1. The molecule has 12 heavy (non-hydrogen) atoms. The highest BCUT2D eigenvalue weighted by atomic mass is 16.5. The number of rotatable bonds is 3. The lowest BCUT2D eigenvalue weighted by Crippen LogP contribution is -2.42. The van der Waals surface area contributed by atoms with Gasteiger partial charge >= 0.3 is 0 Å². The molecule has 0 bridgehead atoms. The summed E-state index contributed by atoms with van der Waals surface area (Å²) in [5.74, 6) is 0.245. The van der Waals surface area contributed by atoms with Gasteiger partial charge in [-0.25, -0.2) is 0 Å². The number of methoxy groups -OCH3 is 1. The van der Waals surface area contributed by atoms with Gasteiger partial charge in [0.25, 0.3) is 0 Å². The summed E-state index contributed by atoms with van der Waals surface area (Å²) >= 11 is 0. The second kappa shape index (κ2) is 4.24. The molecule has 0 radical (unpaired) electrons. The molecular weight excluding hydrogens is 152 g/mol. The van der Waals surface area contributed by atoms with E-state index >= 15 is 0 Å². The molecule has 0 aliphatic heterocycles. The van der Waals surface area contributed by atoms with Crippen LogP contribution >= 0.6 is 0 Å². The predicted molar refractivity (Wildman–Crippen MR) is 51.1 cm³/mol. The van der Waals surface area contributed by atoms with Crippen molar-refractivity contribution in [2.75, 3.05) is 7.11 Å². The molecule has 0 aliphatic carbocycles. The van der Waals surface area contributed by atoms with Crippen LogP contribution in [0.3, 0.4) is 0 Å². The Bertz CT molecular complexity index is 124. The topological polar surface area (TPSA) is 29.5 Å². The fourth-order valence-corrected chi connectivity index (χ4v) is 1.35. The summed E-state index contributed by atoms with van der Waals surface area (Å²) in [6.07, 6.45) is -0.465. The summed E-state index contributed by atoms with van der Waals surface area (Å²) in [5, 5.41) is 9.80. The van der Waals surface area contributed by atoms with Crippen LogP contribution in [0.15, 0.2) is 0 Å². The van der Waals surface area contributed by atoms with Crippen molar-refractivity contribution in [3.63, 3.8) is 0 Å². The fraction of sp³-hybridized carbons (Fsp3) is 1.00. The fourth-order valence-electron chi connectivity index (χ4n) is 1.35. The van der Waals surface area contributed by atoms with Gasteiger partial charge in [-0.1, -0.05) is 34.6 Å². The lowest BCUT2D eigenvalue weighted by Gasteiger charge is -2.34. The van der Waals surface area contributed by atoms with E-state index in [1.54, 1.807) is 7.11 Å². The van der Waals surface area contributed by atoms with Gasteiger partial charge < -0.3 is 9.84 Å². The third-order valence-electron chi connectivity index (χ3n) is 2.10. The van der Waals surface area contributed by atoms with Gasteiger partial charge in [0.1, 0.15) is 0 Å². The Morgan fingerprint density at radius 2 is 1.58 bits per heavy atom. The van der Waals surface area contributed by atoms with E-state index in [1.165, 1.54) is 0 Å². The summed E-state index contributed by atoms with van der Waals surface area (Å²) in [5.41, 5.74) is -0.00155. The highest BCUT2D eigenvalue weighted by molar-refractivity contribution is 4.82. The smallest absolute Gasteiger partial charge is 0.0880 e. The molecule has 0 saturated heterocycles. The Labute approximate surface area is 75.9 Å². The van der Waals surface area contributed by atoms with Crippen molar-refractivity contribution in [2.45, 2.75) is 46.8 Å². The summed E-state index contributed by atoms with van der Waals surface area (Å²) < 4.78 is 5.29. The Balaban J connectivity index is 4.35. The third kappa shape index (κ3) is 3.11. The van der Waals surface area contributed by atoms with Crippen LogP contribution < -0.4 is 0 Å². The lowest BCUT2D eigenvalue weighted by molar-refractivity contribution is -0.0873. The second-order valence-electron chi connectivity index (χ2n) is 4.76. The maximum atomic E-state index is 9.80. The first-order valence-corrected chi connectivity index (χ1v) is 4.51. The van der Waals surface area contributed by atoms with E-state index in [2.05, 4.69) is 20.8 Å². The van der Waals surface area contributed by atoms with Crippen molar-refractivity contribution >= 4 is 0 Å². The minimum Gasteiger partial charge on any atom is -0.390 e. The highest BCUT2D eigenvalue weighted by Gasteiger charge is 2.32. The van der Waals surface area contributed by atoms with E-state index in [4.69, 9.17) is 4.74 Å². The zero-order chi connectivity index (χ0) is 9.94. The number of hydrogen-bond donors (Lipinski definition) is 1. The molecule has 74 valence electrons. The molecule has 0 aliphatic rings. The molecule has 0 aromatic carbocycles. The average Bonchev–Trinajstić information content (AvgIpc) is 1.85. The molecule has 0 spiro atoms. The number of hydrogen-bond acceptors (Lipinski definition) is 2. The van der Waals surface area contributed by atoms with E-state index in [-0.39, 0.29) is 23.5 Å². The molecule has 2 nitrogen and oxygen atoms in total. The molecule has 2 unspecified atom stereocenters. The van der Waals surface area contributed by atoms with Crippen LogP contribution in [-0.4, -0.2) is 24.4 Å². The zero-order valence-electron chi connectivity index (χ0n) is 9.09. The van der Waals surface area contributed by atoms with Gasteiger partial charge in [-0.05, 0) is 11.3 Å². The van der Waals surface area contributed by atoms with Crippen LogP contribution in [-0.2, 0) is 4.74 Å². The van der Waals surface area contributed by atoms with Gasteiger partial charge in [-0.3, -0.25) is 0 Å². The Hall–Kier alpha value is -0.0800. The Morgan fingerprint density at radius 3 is 1.67 bits per heavy atom. The molecule has 0 saturated carbocycles. The van der Waals surface area contributed by atoms with Crippen molar-refractivity contribution in [1.82, 2.24) is 0 Å². The van der Waals surface area contributed by atoms with E-state index in [0.717, 1.165) is 0 Å². The van der Waals surface area contributed by atoms with E-state index in [1.807, 2.05) is 13.8 Å². The first-order valence-electron chi connectivity index (χ1n) is 4.51. The molecule has 0 fully saturated rings. The first kappa shape index (κ1) is 11.9. The molecule has 2 atom stereocenters. The largest absolute Gasteiger partial charge is 0.390 e. The van der Waals surface area contributed by atoms with Crippen LogP contribution in [0, 0.1) is 11.3 Å². The summed E-state index contributed by atoms with van der Waals surface area (Å²) in [7, 11) is 1.65. The molecule has 0 heterocycles. The quantitative estimate of drug-likeness (QED) is 0.709. The average molecular weight is 174 g/mol.